The first-order chi connectivity index (χ1) is 12.0. The van der Waals surface area contributed by atoms with Gasteiger partial charge < -0.3 is 10.1 Å². The molecule has 0 unspecified atom stereocenters. The molecular formula is C17H18BrClN4O2. The Hall–Kier alpha value is -1.54. The SMILES string of the molecule is C[C@@]1(C(=O)Nc2nnc(Cl)cc2Br)CC[C@@H](OCc2ccccc2)N1. The molecule has 0 bridgehead atoms. The van der Waals surface area contributed by atoms with Crippen molar-refractivity contribution in [2.45, 2.75) is 38.1 Å². The Morgan fingerprint density at radius 1 is 1.44 bits per heavy atom. The van der Waals surface area contributed by atoms with E-state index in [4.69, 9.17) is 16.3 Å². The summed E-state index contributed by atoms with van der Waals surface area (Å²) in [6.07, 6.45) is 1.25. The second-order valence-corrected chi connectivity index (χ2v) is 7.36. The van der Waals surface area contributed by atoms with Gasteiger partial charge in [-0.25, -0.2) is 0 Å². The summed E-state index contributed by atoms with van der Waals surface area (Å²) in [6.45, 7) is 2.36. The van der Waals surface area contributed by atoms with Crippen LogP contribution in [0.5, 0.6) is 0 Å². The van der Waals surface area contributed by atoms with Crippen molar-refractivity contribution in [1.29, 1.82) is 0 Å². The summed E-state index contributed by atoms with van der Waals surface area (Å²) in [6, 6.07) is 11.5. The van der Waals surface area contributed by atoms with E-state index in [1.54, 1.807) is 6.07 Å². The van der Waals surface area contributed by atoms with Gasteiger partial charge in [0.05, 0.1) is 16.6 Å². The zero-order valence-electron chi connectivity index (χ0n) is 13.6. The number of nitrogens with zero attached hydrogens (tertiary/aromatic N) is 2. The van der Waals surface area contributed by atoms with E-state index in [1.807, 2.05) is 37.3 Å². The van der Waals surface area contributed by atoms with Crippen LogP contribution in [0.2, 0.25) is 5.15 Å². The Balaban J connectivity index is 1.57. The number of amides is 1. The Morgan fingerprint density at radius 2 is 2.20 bits per heavy atom. The van der Waals surface area contributed by atoms with Crippen LogP contribution >= 0.6 is 27.5 Å². The zero-order valence-corrected chi connectivity index (χ0v) is 16.0. The van der Waals surface area contributed by atoms with Gasteiger partial charge in [0.1, 0.15) is 6.23 Å². The van der Waals surface area contributed by atoms with Crippen LogP contribution in [-0.2, 0) is 16.1 Å². The smallest absolute Gasteiger partial charge is 0.245 e. The molecule has 0 aliphatic carbocycles. The van der Waals surface area contributed by atoms with Gasteiger partial charge in [0.25, 0.3) is 0 Å². The minimum atomic E-state index is -0.734. The van der Waals surface area contributed by atoms with Crippen molar-refractivity contribution in [1.82, 2.24) is 15.5 Å². The third-order valence-corrected chi connectivity index (χ3v) is 4.92. The number of ether oxygens (including phenoxy) is 1. The van der Waals surface area contributed by atoms with Gasteiger partial charge in [-0.05, 0) is 47.3 Å². The molecule has 3 rings (SSSR count). The number of rotatable bonds is 5. The molecule has 2 heterocycles. The van der Waals surface area contributed by atoms with Gasteiger partial charge in [-0.15, -0.1) is 10.2 Å². The third kappa shape index (κ3) is 4.55. The quantitative estimate of drug-likeness (QED) is 0.766. The van der Waals surface area contributed by atoms with Crippen LogP contribution in [0.1, 0.15) is 25.3 Å². The van der Waals surface area contributed by atoms with Gasteiger partial charge in [0.2, 0.25) is 5.91 Å². The maximum absolute atomic E-state index is 12.6. The normalized spacial score (nSPS) is 22.8. The van der Waals surface area contributed by atoms with Gasteiger partial charge >= 0.3 is 0 Å². The van der Waals surface area contributed by atoms with E-state index < -0.39 is 5.54 Å². The number of nitrogens with one attached hydrogen (secondary N) is 2. The Kier molecular flexibility index (Phi) is 5.68. The lowest BCUT2D eigenvalue weighted by Gasteiger charge is -2.24. The molecule has 2 N–H and O–H groups in total. The molecule has 6 nitrogen and oxygen atoms in total. The van der Waals surface area contributed by atoms with Crippen molar-refractivity contribution >= 4 is 39.3 Å². The molecule has 0 spiro atoms. The van der Waals surface area contributed by atoms with Crippen LogP contribution in [0.25, 0.3) is 0 Å². The summed E-state index contributed by atoms with van der Waals surface area (Å²) in [5.41, 5.74) is 0.366. The average molecular weight is 426 g/mol. The molecule has 25 heavy (non-hydrogen) atoms. The predicted octanol–water partition coefficient (Wildman–Crippen LogP) is 3.52. The monoisotopic (exact) mass is 424 g/mol. The van der Waals surface area contributed by atoms with Crippen LogP contribution < -0.4 is 10.6 Å². The van der Waals surface area contributed by atoms with E-state index in [0.717, 1.165) is 12.0 Å². The Morgan fingerprint density at radius 3 is 2.92 bits per heavy atom. The first-order valence-electron chi connectivity index (χ1n) is 7.90. The standard InChI is InChI=1S/C17H18BrClN4O2/c1-17(16(24)20-15-12(18)9-13(19)22-23-15)8-7-14(21-17)25-10-11-5-3-2-4-6-11/h2-6,9,14,21H,7-8,10H2,1H3,(H,20,23,24)/t14-,17+/m1/s1. The number of benzene rings is 1. The fourth-order valence-corrected chi connectivity index (χ4v) is 3.35. The van der Waals surface area contributed by atoms with Crippen molar-refractivity contribution in [2.24, 2.45) is 0 Å². The molecule has 0 saturated carbocycles. The lowest BCUT2D eigenvalue weighted by molar-refractivity contribution is -0.122. The molecule has 1 aliphatic heterocycles. The van der Waals surface area contributed by atoms with Crippen LogP contribution in [-0.4, -0.2) is 27.9 Å². The number of anilines is 1. The molecule has 1 saturated heterocycles. The third-order valence-electron chi connectivity index (χ3n) is 4.13. The summed E-state index contributed by atoms with van der Waals surface area (Å²) in [4.78, 5) is 12.6. The fourth-order valence-electron chi connectivity index (χ4n) is 2.67. The highest BCUT2D eigenvalue weighted by Crippen LogP contribution is 2.28. The number of halogens is 2. The molecular weight excluding hydrogens is 408 g/mol. The highest BCUT2D eigenvalue weighted by molar-refractivity contribution is 9.10. The molecule has 1 aromatic heterocycles. The van der Waals surface area contributed by atoms with E-state index in [-0.39, 0.29) is 17.3 Å². The fraction of sp³-hybridized carbons (Fsp3) is 0.353. The van der Waals surface area contributed by atoms with E-state index in [1.165, 1.54) is 0 Å². The molecule has 0 radical (unpaired) electrons. The molecule has 8 heteroatoms. The van der Waals surface area contributed by atoms with Crippen molar-refractivity contribution in [2.75, 3.05) is 5.32 Å². The van der Waals surface area contributed by atoms with Gasteiger partial charge in [-0.3, -0.25) is 10.1 Å². The van der Waals surface area contributed by atoms with Crippen molar-refractivity contribution in [3.8, 4) is 0 Å². The van der Waals surface area contributed by atoms with E-state index in [2.05, 4.69) is 36.8 Å². The minimum Gasteiger partial charge on any atom is -0.359 e. The second-order valence-electron chi connectivity index (χ2n) is 6.12. The zero-order chi connectivity index (χ0) is 17.9. The molecule has 2 atom stereocenters. The Bertz CT molecular complexity index is 762. The number of aromatic nitrogens is 2. The van der Waals surface area contributed by atoms with Crippen molar-refractivity contribution in [3.05, 3.63) is 51.6 Å². The molecule has 1 amide bonds. The number of carbonyl (C=O) groups excluding carboxylic acids is 1. The molecule has 1 aliphatic rings. The summed E-state index contributed by atoms with van der Waals surface area (Å²) in [5, 5.41) is 13.9. The summed E-state index contributed by atoms with van der Waals surface area (Å²) < 4.78 is 6.46. The van der Waals surface area contributed by atoms with Crippen LogP contribution in [0, 0.1) is 0 Å². The summed E-state index contributed by atoms with van der Waals surface area (Å²) in [5.74, 6) is 0.154. The lowest BCUT2D eigenvalue weighted by atomic mass is 9.99. The van der Waals surface area contributed by atoms with E-state index in [0.29, 0.717) is 23.3 Å². The summed E-state index contributed by atoms with van der Waals surface area (Å²) in [7, 11) is 0. The van der Waals surface area contributed by atoms with Crippen LogP contribution in [0.15, 0.2) is 40.9 Å². The number of hydrogen-bond acceptors (Lipinski definition) is 5. The molecule has 132 valence electrons. The molecule has 1 fully saturated rings. The lowest BCUT2D eigenvalue weighted by Crippen LogP contribution is -2.50. The van der Waals surface area contributed by atoms with Crippen LogP contribution in [0.3, 0.4) is 0 Å². The van der Waals surface area contributed by atoms with E-state index in [9.17, 15) is 4.79 Å². The second kappa shape index (κ2) is 7.78. The topological polar surface area (TPSA) is 76.1 Å². The first kappa shape index (κ1) is 18.3. The Labute approximate surface area is 159 Å². The van der Waals surface area contributed by atoms with Gasteiger partial charge in [0, 0.05) is 0 Å². The molecule has 2 aromatic rings. The average Bonchev–Trinajstić information content (AvgIpc) is 2.99. The number of carbonyl (C=O) groups is 1. The van der Waals surface area contributed by atoms with Crippen molar-refractivity contribution < 1.29 is 9.53 Å². The maximum atomic E-state index is 12.6. The highest BCUT2D eigenvalue weighted by atomic mass is 79.9. The predicted molar refractivity (Wildman–Crippen MR) is 99.2 cm³/mol. The minimum absolute atomic E-state index is 0.171. The number of hydrogen-bond donors (Lipinski definition) is 2. The maximum Gasteiger partial charge on any atom is 0.245 e. The summed E-state index contributed by atoms with van der Waals surface area (Å²) >= 11 is 9.08. The highest BCUT2D eigenvalue weighted by Gasteiger charge is 2.41. The molecule has 1 aromatic carbocycles. The largest absolute Gasteiger partial charge is 0.359 e. The van der Waals surface area contributed by atoms with Gasteiger partial charge in [0.15, 0.2) is 11.0 Å². The van der Waals surface area contributed by atoms with Crippen molar-refractivity contribution in [3.63, 3.8) is 0 Å². The van der Waals surface area contributed by atoms with E-state index >= 15 is 0 Å². The van der Waals surface area contributed by atoms with Gasteiger partial charge in [-0.1, -0.05) is 41.9 Å². The van der Waals surface area contributed by atoms with Crippen LogP contribution in [0.4, 0.5) is 5.82 Å². The van der Waals surface area contributed by atoms with Gasteiger partial charge in [-0.2, -0.15) is 0 Å². The first-order valence-corrected chi connectivity index (χ1v) is 9.07.